The predicted molar refractivity (Wildman–Crippen MR) is 91.2 cm³/mol. The molecule has 1 nitrogen and oxygen atoms in total. The molecular formula is C19H29N. The van der Waals surface area contributed by atoms with Crippen LogP contribution in [0.25, 0.3) is 11.3 Å². The first kappa shape index (κ1) is 18.4. The molecule has 0 amide bonds. The normalized spacial score (nSPS) is 9.20. The molecule has 0 bridgehead atoms. The Kier molecular flexibility index (Phi) is 9.36. The van der Waals surface area contributed by atoms with Crippen molar-refractivity contribution in [1.82, 2.24) is 4.98 Å². The first-order valence-corrected chi connectivity index (χ1v) is 7.71. The molecule has 0 spiro atoms. The van der Waals surface area contributed by atoms with Gasteiger partial charge in [0.25, 0.3) is 0 Å². The molecule has 1 heteroatoms. The number of hydrogen-bond donors (Lipinski definition) is 0. The van der Waals surface area contributed by atoms with Crippen LogP contribution in [-0.4, -0.2) is 4.98 Å². The molecule has 2 rings (SSSR count). The average molecular weight is 271 g/mol. The maximum Gasteiger partial charge on any atom is 0.0733 e. The zero-order valence-corrected chi connectivity index (χ0v) is 14.1. The highest BCUT2D eigenvalue weighted by atomic mass is 14.7. The molecular weight excluding hydrogens is 242 g/mol. The molecule has 1 heterocycles. The van der Waals surface area contributed by atoms with Crippen LogP contribution in [0.3, 0.4) is 0 Å². The fourth-order valence-corrected chi connectivity index (χ4v) is 1.98. The molecule has 1 aromatic heterocycles. The van der Waals surface area contributed by atoms with Crippen LogP contribution in [0.4, 0.5) is 0 Å². The topological polar surface area (TPSA) is 12.9 Å². The van der Waals surface area contributed by atoms with Crippen molar-refractivity contribution in [2.45, 2.75) is 54.4 Å². The number of aryl methyl sites for hydroxylation is 1. The van der Waals surface area contributed by atoms with Gasteiger partial charge in [-0.2, -0.15) is 0 Å². The maximum atomic E-state index is 4.49. The number of benzene rings is 1. The van der Waals surface area contributed by atoms with Crippen LogP contribution in [-0.2, 0) is 0 Å². The summed E-state index contributed by atoms with van der Waals surface area (Å²) in [6.07, 6.45) is 1.86. The fraction of sp³-hybridized carbons (Fsp3) is 0.421. The highest BCUT2D eigenvalue weighted by Crippen LogP contribution is 2.29. The molecule has 0 saturated heterocycles. The van der Waals surface area contributed by atoms with E-state index in [-0.39, 0.29) is 0 Å². The Morgan fingerprint density at radius 3 is 2.00 bits per heavy atom. The minimum Gasteiger partial charge on any atom is -0.256 e. The SMILES string of the molecule is CC.CC.Cc1cccnc1-c1ccccc1C(C)C. The van der Waals surface area contributed by atoms with Crippen LogP contribution in [0.2, 0.25) is 0 Å². The van der Waals surface area contributed by atoms with Crippen LogP contribution < -0.4 is 0 Å². The van der Waals surface area contributed by atoms with E-state index in [1.165, 1.54) is 16.7 Å². The quantitative estimate of drug-likeness (QED) is 0.630. The summed E-state index contributed by atoms with van der Waals surface area (Å²) in [6.45, 7) is 14.5. The third-order valence-electron chi connectivity index (χ3n) is 2.85. The summed E-state index contributed by atoms with van der Waals surface area (Å²) in [5.74, 6) is 0.526. The first-order chi connectivity index (χ1) is 9.70. The lowest BCUT2D eigenvalue weighted by atomic mass is 9.94. The van der Waals surface area contributed by atoms with E-state index in [0.29, 0.717) is 5.92 Å². The van der Waals surface area contributed by atoms with Gasteiger partial charge in [0, 0.05) is 11.8 Å². The van der Waals surface area contributed by atoms with Crippen molar-refractivity contribution in [2.24, 2.45) is 0 Å². The summed E-state index contributed by atoms with van der Waals surface area (Å²) in [5.41, 5.74) is 4.96. The van der Waals surface area contributed by atoms with E-state index in [4.69, 9.17) is 0 Å². The Morgan fingerprint density at radius 2 is 1.45 bits per heavy atom. The van der Waals surface area contributed by atoms with Gasteiger partial charge in [0.05, 0.1) is 5.69 Å². The summed E-state index contributed by atoms with van der Waals surface area (Å²) >= 11 is 0. The highest BCUT2D eigenvalue weighted by Gasteiger charge is 2.10. The molecule has 20 heavy (non-hydrogen) atoms. The third kappa shape index (κ3) is 4.80. The van der Waals surface area contributed by atoms with Crippen LogP contribution in [0.15, 0.2) is 42.6 Å². The van der Waals surface area contributed by atoms with Gasteiger partial charge in [-0.1, -0.05) is 71.9 Å². The Labute approximate surface area is 125 Å². The summed E-state index contributed by atoms with van der Waals surface area (Å²) < 4.78 is 0. The molecule has 0 aliphatic rings. The van der Waals surface area contributed by atoms with E-state index in [0.717, 1.165) is 5.69 Å². The van der Waals surface area contributed by atoms with Crippen molar-refractivity contribution >= 4 is 0 Å². The number of pyridine rings is 1. The molecule has 0 saturated carbocycles. The molecule has 0 atom stereocenters. The van der Waals surface area contributed by atoms with Crippen molar-refractivity contribution in [1.29, 1.82) is 0 Å². The number of hydrogen-bond acceptors (Lipinski definition) is 1. The summed E-state index contributed by atoms with van der Waals surface area (Å²) in [6, 6.07) is 12.6. The average Bonchev–Trinajstić information content (AvgIpc) is 2.52. The molecule has 0 radical (unpaired) electrons. The lowest BCUT2D eigenvalue weighted by Crippen LogP contribution is -1.95. The van der Waals surface area contributed by atoms with Crippen LogP contribution in [0.1, 0.15) is 58.6 Å². The second-order valence-electron chi connectivity index (χ2n) is 4.41. The van der Waals surface area contributed by atoms with E-state index >= 15 is 0 Å². The van der Waals surface area contributed by atoms with Crippen LogP contribution in [0.5, 0.6) is 0 Å². The largest absolute Gasteiger partial charge is 0.256 e. The van der Waals surface area contributed by atoms with Crippen molar-refractivity contribution in [3.05, 3.63) is 53.7 Å². The van der Waals surface area contributed by atoms with Crippen molar-refractivity contribution in [3.63, 3.8) is 0 Å². The van der Waals surface area contributed by atoms with E-state index in [1.54, 1.807) is 0 Å². The molecule has 1 aromatic carbocycles. The molecule has 110 valence electrons. The second kappa shape index (κ2) is 10.2. The second-order valence-corrected chi connectivity index (χ2v) is 4.41. The minimum atomic E-state index is 0.526. The number of nitrogens with zero attached hydrogens (tertiary/aromatic N) is 1. The van der Waals surface area contributed by atoms with Gasteiger partial charge in [-0.05, 0) is 30.0 Å². The maximum absolute atomic E-state index is 4.49. The van der Waals surface area contributed by atoms with E-state index < -0.39 is 0 Å². The predicted octanol–water partition coefficient (Wildman–Crippen LogP) is 6.23. The van der Waals surface area contributed by atoms with Crippen molar-refractivity contribution in [3.8, 4) is 11.3 Å². The molecule has 0 aliphatic heterocycles. The van der Waals surface area contributed by atoms with Crippen LogP contribution in [0, 0.1) is 6.92 Å². The Morgan fingerprint density at radius 1 is 0.850 bits per heavy atom. The fourth-order valence-electron chi connectivity index (χ4n) is 1.98. The smallest absolute Gasteiger partial charge is 0.0733 e. The van der Waals surface area contributed by atoms with E-state index in [1.807, 2.05) is 40.0 Å². The molecule has 0 unspecified atom stereocenters. The lowest BCUT2D eigenvalue weighted by molar-refractivity contribution is 0.867. The Bertz CT molecular complexity index is 487. The molecule has 0 N–H and O–H groups in total. The van der Waals surface area contributed by atoms with Crippen molar-refractivity contribution in [2.75, 3.05) is 0 Å². The third-order valence-corrected chi connectivity index (χ3v) is 2.85. The summed E-state index contributed by atoms with van der Waals surface area (Å²) in [4.78, 5) is 4.49. The molecule has 2 aromatic rings. The summed E-state index contributed by atoms with van der Waals surface area (Å²) in [5, 5.41) is 0. The Balaban J connectivity index is 0.000000829. The standard InChI is InChI=1S/C15H17N.2C2H6/c1-11(2)13-8-4-5-9-14(13)15-12(3)7-6-10-16-15;2*1-2/h4-11H,1-3H3;2*1-2H3. The number of rotatable bonds is 2. The monoisotopic (exact) mass is 271 g/mol. The van der Waals surface area contributed by atoms with E-state index in [9.17, 15) is 0 Å². The Hall–Kier alpha value is -1.63. The first-order valence-electron chi connectivity index (χ1n) is 7.71. The van der Waals surface area contributed by atoms with Gasteiger partial charge in [-0.3, -0.25) is 4.98 Å². The summed E-state index contributed by atoms with van der Waals surface area (Å²) in [7, 11) is 0. The molecule has 0 aliphatic carbocycles. The van der Waals surface area contributed by atoms with Gasteiger partial charge in [-0.15, -0.1) is 0 Å². The van der Waals surface area contributed by atoms with Gasteiger partial charge in [0.2, 0.25) is 0 Å². The van der Waals surface area contributed by atoms with Gasteiger partial charge in [0.15, 0.2) is 0 Å². The van der Waals surface area contributed by atoms with Gasteiger partial charge in [0.1, 0.15) is 0 Å². The zero-order chi connectivity index (χ0) is 15.5. The lowest BCUT2D eigenvalue weighted by Gasteiger charge is -2.13. The number of aromatic nitrogens is 1. The molecule has 0 fully saturated rings. The van der Waals surface area contributed by atoms with Crippen LogP contribution >= 0.6 is 0 Å². The highest BCUT2D eigenvalue weighted by molar-refractivity contribution is 5.67. The van der Waals surface area contributed by atoms with Gasteiger partial charge in [-0.25, -0.2) is 0 Å². The zero-order valence-electron chi connectivity index (χ0n) is 14.1. The van der Waals surface area contributed by atoms with Gasteiger partial charge >= 0.3 is 0 Å². The van der Waals surface area contributed by atoms with Gasteiger partial charge < -0.3 is 0 Å². The van der Waals surface area contributed by atoms with E-state index in [2.05, 4.69) is 56.1 Å². The van der Waals surface area contributed by atoms with Crippen molar-refractivity contribution < 1.29 is 0 Å². The minimum absolute atomic E-state index is 0.526.